The molecule has 1 heterocycles. The Morgan fingerprint density at radius 1 is 1.50 bits per heavy atom. The summed E-state index contributed by atoms with van der Waals surface area (Å²) in [7, 11) is -3.05. The highest BCUT2D eigenvalue weighted by atomic mass is 32.2. The Bertz CT molecular complexity index is 256. The molecule has 1 saturated heterocycles. The van der Waals surface area contributed by atoms with Crippen molar-refractivity contribution in [2.24, 2.45) is 11.8 Å². The molecular weight excluding hydrogens is 200 g/mol. The van der Waals surface area contributed by atoms with Crippen LogP contribution in [0.1, 0.15) is 20.3 Å². The van der Waals surface area contributed by atoms with Crippen molar-refractivity contribution in [1.29, 1.82) is 0 Å². The van der Waals surface area contributed by atoms with E-state index in [0.29, 0.717) is 12.5 Å². The van der Waals surface area contributed by atoms with Gasteiger partial charge in [0.15, 0.2) is 0 Å². The summed E-state index contributed by atoms with van der Waals surface area (Å²) in [6.07, 6.45) is 1.07. The molecule has 2 N–H and O–H groups in total. The zero-order chi connectivity index (χ0) is 10.6. The topological polar surface area (TPSA) is 58.2 Å². The number of sulfonamides is 1. The molecule has 5 heteroatoms. The first kappa shape index (κ1) is 11.9. The fourth-order valence-corrected chi connectivity index (χ4v) is 3.12. The number of rotatable bonds is 5. The zero-order valence-corrected chi connectivity index (χ0v) is 9.73. The summed E-state index contributed by atoms with van der Waals surface area (Å²) in [5.41, 5.74) is 0. The average molecular weight is 220 g/mol. The van der Waals surface area contributed by atoms with Crippen LogP contribution in [0.5, 0.6) is 0 Å². The molecule has 4 nitrogen and oxygen atoms in total. The van der Waals surface area contributed by atoms with Crippen molar-refractivity contribution in [3.63, 3.8) is 0 Å². The minimum atomic E-state index is -3.05. The lowest BCUT2D eigenvalue weighted by Gasteiger charge is -2.11. The normalized spacial score (nSPS) is 23.2. The Morgan fingerprint density at radius 3 is 2.71 bits per heavy atom. The highest BCUT2D eigenvalue weighted by molar-refractivity contribution is 7.89. The molecule has 14 heavy (non-hydrogen) atoms. The summed E-state index contributed by atoms with van der Waals surface area (Å²) >= 11 is 0. The molecule has 0 bridgehead atoms. The second-order valence-corrected chi connectivity index (χ2v) is 6.23. The van der Waals surface area contributed by atoms with Crippen LogP contribution in [0.4, 0.5) is 0 Å². The standard InChI is InChI=1S/C9H20N2O2S/c1-8(2)7-14(12,13)11-6-9-3-4-10-5-9/h8-11H,3-7H2,1-2H3. The van der Waals surface area contributed by atoms with Crippen molar-refractivity contribution < 1.29 is 8.42 Å². The summed E-state index contributed by atoms with van der Waals surface area (Å²) in [5.74, 6) is 0.888. The van der Waals surface area contributed by atoms with E-state index in [1.807, 2.05) is 13.8 Å². The number of hydrogen-bond donors (Lipinski definition) is 2. The zero-order valence-electron chi connectivity index (χ0n) is 8.91. The first-order valence-corrected chi connectivity index (χ1v) is 6.83. The van der Waals surface area contributed by atoms with Crippen molar-refractivity contribution in [1.82, 2.24) is 10.0 Å². The SMILES string of the molecule is CC(C)CS(=O)(=O)NCC1CCNC1. The van der Waals surface area contributed by atoms with Gasteiger partial charge in [0.25, 0.3) is 0 Å². The van der Waals surface area contributed by atoms with Crippen molar-refractivity contribution >= 4 is 10.0 Å². The van der Waals surface area contributed by atoms with E-state index in [4.69, 9.17) is 0 Å². The van der Waals surface area contributed by atoms with Crippen LogP contribution in [0.15, 0.2) is 0 Å². The molecule has 0 saturated carbocycles. The van der Waals surface area contributed by atoms with E-state index >= 15 is 0 Å². The lowest BCUT2D eigenvalue weighted by Crippen LogP contribution is -2.33. The first-order valence-electron chi connectivity index (χ1n) is 5.17. The molecule has 1 aliphatic rings. The van der Waals surface area contributed by atoms with Crippen molar-refractivity contribution in [2.45, 2.75) is 20.3 Å². The van der Waals surface area contributed by atoms with Crippen LogP contribution >= 0.6 is 0 Å². The van der Waals surface area contributed by atoms with E-state index in [2.05, 4.69) is 10.0 Å². The third-order valence-electron chi connectivity index (χ3n) is 2.31. The second kappa shape index (κ2) is 5.09. The van der Waals surface area contributed by atoms with Crippen LogP contribution in [-0.4, -0.2) is 33.8 Å². The van der Waals surface area contributed by atoms with Gasteiger partial charge in [-0.05, 0) is 31.3 Å². The van der Waals surface area contributed by atoms with Crippen molar-refractivity contribution in [2.75, 3.05) is 25.4 Å². The minimum Gasteiger partial charge on any atom is -0.316 e. The molecule has 0 aromatic rings. The maximum Gasteiger partial charge on any atom is 0.211 e. The highest BCUT2D eigenvalue weighted by Crippen LogP contribution is 2.06. The fraction of sp³-hybridized carbons (Fsp3) is 1.00. The van der Waals surface area contributed by atoms with Gasteiger partial charge in [0.2, 0.25) is 10.0 Å². The van der Waals surface area contributed by atoms with Gasteiger partial charge in [-0.15, -0.1) is 0 Å². The lowest BCUT2D eigenvalue weighted by molar-refractivity contribution is 0.532. The van der Waals surface area contributed by atoms with Crippen LogP contribution in [0.2, 0.25) is 0 Å². The molecule has 0 aliphatic carbocycles. The van der Waals surface area contributed by atoms with Crippen LogP contribution in [0.25, 0.3) is 0 Å². The monoisotopic (exact) mass is 220 g/mol. The molecule has 84 valence electrons. The summed E-state index contributed by atoms with van der Waals surface area (Å²) < 4.78 is 25.6. The van der Waals surface area contributed by atoms with E-state index in [-0.39, 0.29) is 11.7 Å². The molecule has 1 fully saturated rings. The van der Waals surface area contributed by atoms with Crippen molar-refractivity contribution in [3.8, 4) is 0 Å². The summed E-state index contributed by atoms with van der Waals surface area (Å²) in [6, 6.07) is 0. The van der Waals surface area contributed by atoms with E-state index in [1.54, 1.807) is 0 Å². The molecule has 0 aromatic carbocycles. The smallest absolute Gasteiger partial charge is 0.211 e. The van der Waals surface area contributed by atoms with Crippen molar-refractivity contribution in [3.05, 3.63) is 0 Å². The summed E-state index contributed by atoms with van der Waals surface area (Å²) in [4.78, 5) is 0. The summed E-state index contributed by atoms with van der Waals surface area (Å²) in [6.45, 7) is 6.36. The van der Waals surface area contributed by atoms with Gasteiger partial charge in [0.05, 0.1) is 5.75 Å². The van der Waals surface area contributed by atoms with E-state index in [0.717, 1.165) is 19.5 Å². The quantitative estimate of drug-likeness (QED) is 0.694. The molecule has 1 rings (SSSR count). The van der Waals surface area contributed by atoms with E-state index < -0.39 is 10.0 Å². The Kier molecular flexibility index (Phi) is 4.34. The Hall–Kier alpha value is -0.130. The Balaban J connectivity index is 2.28. The highest BCUT2D eigenvalue weighted by Gasteiger charge is 2.18. The van der Waals surface area contributed by atoms with Gasteiger partial charge in [0, 0.05) is 6.54 Å². The average Bonchev–Trinajstić information content (AvgIpc) is 2.50. The van der Waals surface area contributed by atoms with Gasteiger partial charge < -0.3 is 5.32 Å². The molecule has 0 aromatic heterocycles. The molecule has 1 unspecified atom stereocenters. The van der Waals surface area contributed by atoms with Crippen LogP contribution in [0.3, 0.4) is 0 Å². The van der Waals surface area contributed by atoms with Gasteiger partial charge in [-0.25, -0.2) is 13.1 Å². The van der Waals surface area contributed by atoms with Crippen LogP contribution in [-0.2, 0) is 10.0 Å². The fourth-order valence-electron chi connectivity index (χ4n) is 1.63. The predicted octanol–water partition coefficient (Wildman–Crippen LogP) is 0.171. The Labute approximate surface area is 86.5 Å². The van der Waals surface area contributed by atoms with Crippen LogP contribution < -0.4 is 10.0 Å². The maximum absolute atomic E-state index is 11.5. The third-order valence-corrected chi connectivity index (χ3v) is 4.02. The minimum absolute atomic E-state index is 0.189. The molecule has 0 spiro atoms. The van der Waals surface area contributed by atoms with Gasteiger partial charge >= 0.3 is 0 Å². The second-order valence-electron chi connectivity index (χ2n) is 4.38. The Morgan fingerprint density at radius 2 is 2.21 bits per heavy atom. The van der Waals surface area contributed by atoms with Gasteiger partial charge in [0.1, 0.15) is 0 Å². The molecule has 0 radical (unpaired) electrons. The predicted molar refractivity (Wildman–Crippen MR) is 57.6 cm³/mol. The number of nitrogens with one attached hydrogen (secondary N) is 2. The van der Waals surface area contributed by atoms with Crippen LogP contribution in [0, 0.1) is 11.8 Å². The first-order chi connectivity index (χ1) is 6.49. The number of hydrogen-bond acceptors (Lipinski definition) is 3. The van der Waals surface area contributed by atoms with Gasteiger partial charge in [-0.1, -0.05) is 13.8 Å². The van der Waals surface area contributed by atoms with Gasteiger partial charge in [-0.3, -0.25) is 0 Å². The maximum atomic E-state index is 11.5. The molecule has 1 atom stereocenters. The molecule has 1 aliphatic heterocycles. The largest absolute Gasteiger partial charge is 0.316 e. The van der Waals surface area contributed by atoms with E-state index in [9.17, 15) is 8.42 Å². The lowest BCUT2D eigenvalue weighted by atomic mass is 10.1. The van der Waals surface area contributed by atoms with E-state index in [1.165, 1.54) is 0 Å². The molecular formula is C9H20N2O2S. The van der Waals surface area contributed by atoms with Gasteiger partial charge in [-0.2, -0.15) is 0 Å². The summed E-state index contributed by atoms with van der Waals surface area (Å²) in [5, 5.41) is 3.21. The molecule has 0 amide bonds. The third kappa shape index (κ3) is 4.39.